The van der Waals surface area contributed by atoms with Crippen LogP contribution in [0.5, 0.6) is 0 Å². The molecule has 0 aliphatic heterocycles. The Morgan fingerprint density at radius 3 is 1.58 bits per heavy atom. The number of para-hydroxylation sites is 2. The summed E-state index contributed by atoms with van der Waals surface area (Å²) in [4.78, 5) is 2.38. The van der Waals surface area contributed by atoms with Crippen LogP contribution in [0.4, 0.5) is 17.1 Å². The van der Waals surface area contributed by atoms with Gasteiger partial charge in [-0.2, -0.15) is 0 Å². The SMILES string of the molecule is c1cc(-c2ccc(N(c3ccc(-c4cccc(-n5c6ccccc6c6ccccc65)c4)cc3)c3cccc4oc5c6ccccc6ccc5c34)cc2)cc(-c2cccc3ccccc23)c1. The summed E-state index contributed by atoms with van der Waals surface area (Å²) in [5, 5.41) is 9.48. The van der Waals surface area contributed by atoms with Gasteiger partial charge in [0.15, 0.2) is 0 Å². The van der Waals surface area contributed by atoms with Crippen LogP contribution in [-0.2, 0) is 0 Å². The molecule has 0 saturated carbocycles. The van der Waals surface area contributed by atoms with Crippen molar-refractivity contribution in [2.75, 3.05) is 4.90 Å². The number of aromatic nitrogens is 1. The van der Waals surface area contributed by atoms with Crippen molar-refractivity contribution in [3.63, 3.8) is 0 Å². The van der Waals surface area contributed by atoms with Crippen molar-refractivity contribution in [1.29, 1.82) is 0 Å². The lowest BCUT2D eigenvalue weighted by atomic mass is 9.95. The lowest BCUT2D eigenvalue weighted by Gasteiger charge is -2.26. The van der Waals surface area contributed by atoms with E-state index in [0.29, 0.717) is 0 Å². The highest BCUT2D eigenvalue weighted by atomic mass is 16.3. The average molecular weight is 829 g/mol. The van der Waals surface area contributed by atoms with Gasteiger partial charge in [0.2, 0.25) is 0 Å². The maximum Gasteiger partial charge on any atom is 0.143 e. The molecule has 65 heavy (non-hydrogen) atoms. The monoisotopic (exact) mass is 828 g/mol. The average Bonchev–Trinajstić information content (AvgIpc) is 3.94. The lowest BCUT2D eigenvalue weighted by molar-refractivity contribution is 0.672. The number of anilines is 3. The molecule has 0 bridgehead atoms. The molecular formula is C62H40N2O. The van der Waals surface area contributed by atoms with Crippen LogP contribution >= 0.6 is 0 Å². The number of furan rings is 1. The highest BCUT2D eigenvalue weighted by Crippen LogP contribution is 2.45. The molecule has 3 heteroatoms. The lowest BCUT2D eigenvalue weighted by Crippen LogP contribution is -2.10. The van der Waals surface area contributed by atoms with E-state index in [1.165, 1.54) is 49.3 Å². The molecule has 3 nitrogen and oxygen atoms in total. The Morgan fingerprint density at radius 2 is 0.877 bits per heavy atom. The maximum absolute atomic E-state index is 6.72. The van der Waals surface area contributed by atoms with Gasteiger partial charge in [0.25, 0.3) is 0 Å². The van der Waals surface area contributed by atoms with E-state index in [2.05, 4.69) is 252 Å². The molecule has 0 aliphatic carbocycles. The largest absolute Gasteiger partial charge is 0.455 e. The second-order valence-corrected chi connectivity index (χ2v) is 16.9. The predicted molar refractivity (Wildman–Crippen MR) is 274 cm³/mol. The van der Waals surface area contributed by atoms with Gasteiger partial charge in [0, 0.05) is 38.6 Å². The Morgan fingerprint density at radius 1 is 0.338 bits per heavy atom. The van der Waals surface area contributed by atoms with Crippen LogP contribution in [0.3, 0.4) is 0 Å². The second kappa shape index (κ2) is 15.0. The molecule has 0 unspecified atom stereocenters. The zero-order valence-electron chi connectivity index (χ0n) is 35.4. The molecule has 0 saturated heterocycles. The maximum atomic E-state index is 6.72. The van der Waals surface area contributed by atoms with E-state index >= 15 is 0 Å². The van der Waals surface area contributed by atoms with E-state index in [9.17, 15) is 0 Å². The number of benzene rings is 11. The first-order chi connectivity index (χ1) is 32.2. The number of fused-ring (bicyclic) bond motifs is 9. The van der Waals surface area contributed by atoms with Crippen molar-refractivity contribution in [1.82, 2.24) is 4.57 Å². The van der Waals surface area contributed by atoms with Crippen molar-refractivity contribution in [3.05, 3.63) is 243 Å². The molecule has 0 atom stereocenters. The van der Waals surface area contributed by atoms with Crippen LogP contribution in [0.25, 0.3) is 104 Å². The Hall–Kier alpha value is -8.66. The van der Waals surface area contributed by atoms with Gasteiger partial charge in [0.1, 0.15) is 11.2 Å². The van der Waals surface area contributed by atoms with E-state index in [4.69, 9.17) is 4.42 Å². The minimum atomic E-state index is 0.860. The Kier molecular flexibility index (Phi) is 8.53. The number of rotatable bonds is 7. The zero-order valence-corrected chi connectivity index (χ0v) is 35.4. The smallest absolute Gasteiger partial charge is 0.143 e. The third-order valence-electron chi connectivity index (χ3n) is 13.2. The summed E-state index contributed by atoms with van der Waals surface area (Å²) in [7, 11) is 0. The molecule has 11 aromatic carbocycles. The summed E-state index contributed by atoms with van der Waals surface area (Å²) in [5.41, 5.74) is 15.6. The Labute approximate surface area is 376 Å². The van der Waals surface area contributed by atoms with Crippen molar-refractivity contribution in [3.8, 4) is 39.1 Å². The topological polar surface area (TPSA) is 21.3 Å². The highest BCUT2D eigenvalue weighted by Gasteiger charge is 2.21. The van der Waals surface area contributed by atoms with E-state index in [0.717, 1.165) is 72.2 Å². The van der Waals surface area contributed by atoms with Gasteiger partial charge >= 0.3 is 0 Å². The van der Waals surface area contributed by atoms with Crippen LogP contribution in [0.1, 0.15) is 0 Å². The second-order valence-electron chi connectivity index (χ2n) is 16.9. The van der Waals surface area contributed by atoms with Gasteiger partial charge in [-0.05, 0) is 122 Å². The zero-order chi connectivity index (χ0) is 42.8. The minimum absolute atomic E-state index is 0.860. The molecule has 0 aliphatic rings. The standard InChI is InChI=1S/C62H40N2O/c1-3-20-51-43(13-1)15-11-24-52(51)47-18-9-16-45(39-47)41-29-34-48(35-30-41)63(59-27-12-28-60-61(59)56-38-33-44-14-2-4-21-53(44)62(56)65-60)49-36-31-42(32-37-49)46-17-10-19-50(40-46)64-57-25-7-5-22-54(57)55-23-6-8-26-58(55)64/h1-40H. The summed E-state index contributed by atoms with van der Waals surface area (Å²) < 4.78 is 9.11. The first kappa shape index (κ1) is 36.9. The molecule has 0 N–H and O–H groups in total. The number of hydrogen-bond donors (Lipinski definition) is 0. The number of nitrogens with zero attached hydrogens (tertiary/aromatic N) is 2. The van der Waals surface area contributed by atoms with Crippen LogP contribution in [0.2, 0.25) is 0 Å². The van der Waals surface area contributed by atoms with Crippen molar-refractivity contribution >= 4 is 82.4 Å². The van der Waals surface area contributed by atoms with Crippen molar-refractivity contribution < 1.29 is 4.42 Å². The van der Waals surface area contributed by atoms with Crippen LogP contribution in [-0.4, -0.2) is 4.57 Å². The van der Waals surface area contributed by atoms with Crippen LogP contribution in [0.15, 0.2) is 247 Å². The molecular weight excluding hydrogens is 789 g/mol. The Balaban J connectivity index is 0.925. The van der Waals surface area contributed by atoms with Crippen LogP contribution < -0.4 is 4.90 Å². The van der Waals surface area contributed by atoms with E-state index in [1.54, 1.807) is 0 Å². The highest BCUT2D eigenvalue weighted by molar-refractivity contribution is 6.19. The van der Waals surface area contributed by atoms with Gasteiger partial charge in [0.05, 0.1) is 22.1 Å². The van der Waals surface area contributed by atoms with Gasteiger partial charge in [-0.1, -0.05) is 170 Å². The predicted octanol–water partition coefficient (Wildman–Crippen LogP) is 17.5. The molecule has 0 radical (unpaired) electrons. The molecule has 304 valence electrons. The Bertz CT molecular complexity index is 3890. The molecule has 0 fully saturated rings. The van der Waals surface area contributed by atoms with Gasteiger partial charge < -0.3 is 13.9 Å². The van der Waals surface area contributed by atoms with Gasteiger partial charge in [-0.25, -0.2) is 0 Å². The summed E-state index contributed by atoms with van der Waals surface area (Å²) in [5.74, 6) is 0. The molecule has 2 aromatic heterocycles. The van der Waals surface area contributed by atoms with E-state index in [1.807, 2.05) is 0 Å². The quantitative estimate of drug-likeness (QED) is 0.160. The number of hydrogen-bond acceptors (Lipinski definition) is 2. The first-order valence-corrected chi connectivity index (χ1v) is 22.2. The van der Waals surface area contributed by atoms with Crippen LogP contribution in [0, 0.1) is 0 Å². The summed E-state index contributed by atoms with van der Waals surface area (Å²) in [6, 6.07) is 87.6. The fourth-order valence-corrected chi connectivity index (χ4v) is 10.1. The molecule has 13 aromatic rings. The normalized spacial score (nSPS) is 11.7. The fourth-order valence-electron chi connectivity index (χ4n) is 10.1. The van der Waals surface area contributed by atoms with Gasteiger partial charge in [-0.3, -0.25) is 0 Å². The summed E-state index contributed by atoms with van der Waals surface area (Å²) in [6.45, 7) is 0. The summed E-state index contributed by atoms with van der Waals surface area (Å²) >= 11 is 0. The molecule has 2 heterocycles. The molecule has 0 spiro atoms. The van der Waals surface area contributed by atoms with E-state index in [-0.39, 0.29) is 0 Å². The van der Waals surface area contributed by atoms with Crippen molar-refractivity contribution in [2.45, 2.75) is 0 Å². The fraction of sp³-hybridized carbons (Fsp3) is 0. The van der Waals surface area contributed by atoms with E-state index < -0.39 is 0 Å². The third-order valence-corrected chi connectivity index (χ3v) is 13.2. The third kappa shape index (κ3) is 6.12. The first-order valence-electron chi connectivity index (χ1n) is 22.2. The molecule has 13 rings (SSSR count). The van der Waals surface area contributed by atoms with Gasteiger partial charge in [-0.15, -0.1) is 0 Å². The van der Waals surface area contributed by atoms with Crippen molar-refractivity contribution in [2.24, 2.45) is 0 Å². The summed E-state index contributed by atoms with van der Waals surface area (Å²) in [6.07, 6.45) is 0. The minimum Gasteiger partial charge on any atom is -0.455 e. The molecule has 0 amide bonds.